The molecule has 0 aromatic heterocycles. The van der Waals surface area contributed by atoms with Crippen LogP contribution in [0.3, 0.4) is 0 Å². The number of esters is 1. The van der Waals surface area contributed by atoms with E-state index in [9.17, 15) is 9.59 Å². The molecule has 114 valence electrons. The Hall–Kier alpha value is -1.92. The van der Waals surface area contributed by atoms with Gasteiger partial charge in [0, 0.05) is 12.1 Å². The molecule has 0 spiro atoms. The van der Waals surface area contributed by atoms with E-state index < -0.39 is 5.97 Å². The molecule has 6 nitrogen and oxygen atoms in total. The highest BCUT2D eigenvalue weighted by Gasteiger charge is 2.15. The topological polar surface area (TPSA) is 90.7 Å². The molecule has 0 saturated carbocycles. The molecule has 2 rings (SSSR count). The van der Waals surface area contributed by atoms with Crippen LogP contribution < -0.4 is 11.1 Å². The summed E-state index contributed by atoms with van der Waals surface area (Å²) < 4.78 is 9.71. The molecule has 1 aliphatic heterocycles. The summed E-state index contributed by atoms with van der Waals surface area (Å²) in [7, 11) is 1.31. The predicted octanol–water partition coefficient (Wildman–Crippen LogP) is 1.15. The molecule has 1 unspecified atom stereocenters. The standard InChI is InChI=1S/C15H20N2O4/c1-20-15(19)9-21-8-12(16)10-5-6-13-11(7-10)3-2-4-14(18)17-13/h5-7,12H,2-4,8-9,16H2,1H3,(H,17,18). The van der Waals surface area contributed by atoms with Crippen molar-refractivity contribution in [2.24, 2.45) is 5.73 Å². The lowest BCUT2D eigenvalue weighted by molar-refractivity contribution is -0.146. The van der Waals surface area contributed by atoms with Gasteiger partial charge in [-0.15, -0.1) is 0 Å². The molecule has 21 heavy (non-hydrogen) atoms. The van der Waals surface area contributed by atoms with E-state index in [1.807, 2.05) is 18.2 Å². The normalized spacial score (nSPS) is 15.6. The third-order valence-corrected chi connectivity index (χ3v) is 3.43. The molecule has 1 atom stereocenters. The van der Waals surface area contributed by atoms with E-state index >= 15 is 0 Å². The van der Waals surface area contributed by atoms with E-state index in [0.717, 1.165) is 29.7 Å². The van der Waals surface area contributed by atoms with Crippen LogP contribution in [0.1, 0.15) is 30.0 Å². The average Bonchev–Trinajstić information content (AvgIpc) is 2.66. The van der Waals surface area contributed by atoms with E-state index in [-0.39, 0.29) is 25.2 Å². The van der Waals surface area contributed by atoms with Gasteiger partial charge in [0.25, 0.3) is 0 Å². The number of carbonyl (C=O) groups is 2. The molecule has 1 heterocycles. The van der Waals surface area contributed by atoms with Gasteiger partial charge in [-0.05, 0) is 30.0 Å². The van der Waals surface area contributed by atoms with Gasteiger partial charge < -0.3 is 20.5 Å². The number of hydrogen-bond acceptors (Lipinski definition) is 5. The number of aryl methyl sites for hydroxylation is 1. The molecule has 0 saturated heterocycles. The van der Waals surface area contributed by atoms with Crippen molar-refractivity contribution in [2.75, 3.05) is 25.6 Å². The first-order chi connectivity index (χ1) is 10.1. The number of amides is 1. The van der Waals surface area contributed by atoms with Crippen LogP contribution in [0.15, 0.2) is 18.2 Å². The van der Waals surface area contributed by atoms with Crippen LogP contribution in [0.2, 0.25) is 0 Å². The summed E-state index contributed by atoms with van der Waals surface area (Å²) in [5.41, 5.74) is 8.92. The SMILES string of the molecule is COC(=O)COCC(N)c1ccc2c(c1)CCCC(=O)N2. The summed E-state index contributed by atoms with van der Waals surface area (Å²) in [5.74, 6) is -0.376. The fourth-order valence-corrected chi connectivity index (χ4v) is 2.25. The maximum Gasteiger partial charge on any atom is 0.331 e. The van der Waals surface area contributed by atoms with Gasteiger partial charge in [0.15, 0.2) is 0 Å². The van der Waals surface area contributed by atoms with Gasteiger partial charge in [-0.1, -0.05) is 12.1 Å². The number of carbonyl (C=O) groups excluding carboxylic acids is 2. The smallest absolute Gasteiger partial charge is 0.331 e. The van der Waals surface area contributed by atoms with Crippen molar-refractivity contribution in [1.29, 1.82) is 0 Å². The molecule has 0 aliphatic carbocycles. The van der Waals surface area contributed by atoms with E-state index in [0.29, 0.717) is 6.42 Å². The van der Waals surface area contributed by atoms with Gasteiger partial charge in [-0.3, -0.25) is 4.79 Å². The number of nitrogens with one attached hydrogen (secondary N) is 1. The molecule has 0 fully saturated rings. The van der Waals surface area contributed by atoms with E-state index in [1.54, 1.807) is 0 Å². The molecule has 0 radical (unpaired) electrons. The average molecular weight is 292 g/mol. The van der Waals surface area contributed by atoms with Crippen molar-refractivity contribution in [3.05, 3.63) is 29.3 Å². The van der Waals surface area contributed by atoms with Gasteiger partial charge in [0.05, 0.1) is 19.8 Å². The third-order valence-electron chi connectivity index (χ3n) is 3.43. The van der Waals surface area contributed by atoms with Crippen molar-refractivity contribution in [1.82, 2.24) is 0 Å². The van der Waals surface area contributed by atoms with Gasteiger partial charge in [-0.2, -0.15) is 0 Å². The minimum atomic E-state index is -0.424. The van der Waals surface area contributed by atoms with Crippen molar-refractivity contribution < 1.29 is 19.1 Å². The number of nitrogens with two attached hydrogens (primary N) is 1. The zero-order chi connectivity index (χ0) is 15.2. The first kappa shape index (κ1) is 15.5. The fraction of sp³-hybridized carbons (Fsp3) is 0.467. The summed E-state index contributed by atoms with van der Waals surface area (Å²) in [4.78, 5) is 22.5. The van der Waals surface area contributed by atoms with E-state index in [1.165, 1.54) is 7.11 Å². The zero-order valence-electron chi connectivity index (χ0n) is 12.1. The molecule has 1 aromatic rings. The maximum absolute atomic E-state index is 11.5. The molecule has 0 bridgehead atoms. The Kier molecular flexibility index (Phi) is 5.30. The number of anilines is 1. The number of hydrogen-bond donors (Lipinski definition) is 2. The van der Waals surface area contributed by atoms with Gasteiger partial charge >= 0.3 is 5.97 Å². The highest BCUT2D eigenvalue weighted by atomic mass is 16.6. The predicted molar refractivity (Wildman–Crippen MR) is 77.8 cm³/mol. The Labute approximate surface area is 123 Å². The minimum Gasteiger partial charge on any atom is -0.467 e. The molecule has 3 N–H and O–H groups in total. The number of benzene rings is 1. The van der Waals surface area contributed by atoms with Crippen LogP contribution in [0.25, 0.3) is 0 Å². The monoisotopic (exact) mass is 292 g/mol. The Morgan fingerprint density at radius 3 is 3.00 bits per heavy atom. The lowest BCUT2D eigenvalue weighted by Gasteiger charge is -2.15. The van der Waals surface area contributed by atoms with Crippen molar-refractivity contribution in [3.63, 3.8) is 0 Å². The largest absolute Gasteiger partial charge is 0.467 e. The summed E-state index contributed by atoms with van der Waals surface area (Å²) in [5, 5.41) is 2.88. The van der Waals surface area contributed by atoms with Gasteiger partial charge in [-0.25, -0.2) is 4.79 Å². The lowest BCUT2D eigenvalue weighted by atomic mass is 10.0. The van der Waals surface area contributed by atoms with Crippen LogP contribution in [0, 0.1) is 0 Å². The fourth-order valence-electron chi connectivity index (χ4n) is 2.25. The minimum absolute atomic E-state index is 0.0483. The third kappa shape index (κ3) is 4.27. The van der Waals surface area contributed by atoms with Crippen LogP contribution in [0.4, 0.5) is 5.69 Å². The van der Waals surface area contributed by atoms with Crippen molar-refractivity contribution in [3.8, 4) is 0 Å². The molecule has 1 amide bonds. The first-order valence-corrected chi connectivity index (χ1v) is 6.93. The lowest BCUT2D eigenvalue weighted by Crippen LogP contribution is -2.20. The Bertz CT molecular complexity index is 530. The van der Waals surface area contributed by atoms with Crippen LogP contribution >= 0.6 is 0 Å². The van der Waals surface area contributed by atoms with Crippen molar-refractivity contribution >= 4 is 17.6 Å². The van der Waals surface area contributed by atoms with E-state index in [2.05, 4.69) is 10.1 Å². The first-order valence-electron chi connectivity index (χ1n) is 6.93. The van der Waals surface area contributed by atoms with Crippen LogP contribution in [0.5, 0.6) is 0 Å². The maximum atomic E-state index is 11.5. The molecular weight excluding hydrogens is 272 g/mol. The molecule has 1 aliphatic rings. The second kappa shape index (κ2) is 7.19. The molecule has 1 aromatic carbocycles. The highest BCUT2D eigenvalue weighted by molar-refractivity contribution is 5.92. The Morgan fingerprint density at radius 2 is 2.24 bits per heavy atom. The quantitative estimate of drug-likeness (QED) is 0.794. The second-order valence-corrected chi connectivity index (χ2v) is 5.02. The summed E-state index contributed by atoms with van der Waals surface area (Å²) in [6, 6.07) is 5.41. The molecule has 6 heteroatoms. The van der Waals surface area contributed by atoms with Gasteiger partial charge in [0.1, 0.15) is 6.61 Å². The Morgan fingerprint density at radius 1 is 1.43 bits per heavy atom. The number of methoxy groups -OCH3 is 1. The summed E-state index contributed by atoms with van der Waals surface area (Å²) in [6.45, 7) is 0.130. The highest BCUT2D eigenvalue weighted by Crippen LogP contribution is 2.25. The zero-order valence-corrected chi connectivity index (χ0v) is 12.1. The van der Waals surface area contributed by atoms with Gasteiger partial charge in [0.2, 0.25) is 5.91 Å². The number of ether oxygens (including phenoxy) is 2. The second-order valence-electron chi connectivity index (χ2n) is 5.02. The Balaban J connectivity index is 1.99. The number of fused-ring (bicyclic) bond motifs is 1. The van der Waals surface area contributed by atoms with Crippen LogP contribution in [-0.2, 0) is 25.5 Å². The van der Waals surface area contributed by atoms with Crippen molar-refractivity contribution in [2.45, 2.75) is 25.3 Å². The summed E-state index contributed by atoms with van der Waals surface area (Å²) in [6.07, 6.45) is 2.21. The summed E-state index contributed by atoms with van der Waals surface area (Å²) >= 11 is 0. The molecular formula is C15H20N2O4. The number of rotatable bonds is 5. The van der Waals surface area contributed by atoms with E-state index in [4.69, 9.17) is 10.5 Å². The van der Waals surface area contributed by atoms with Crippen LogP contribution in [-0.4, -0.2) is 32.2 Å².